The van der Waals surface area contributed by atoms with Crippen LogP contribution in [0.1, 0.15) is 38.3 Å². The fourth-order valence-corrected chi connectivity index (χ4v) is 1.14. The number of aldehydes is 1. The van der Waals surface area contributed by atoms with E-state index in [9.17, 15) is 9.59 Å². The van der Waals surface area contributed by atoms with Crippen molar-refractivity contribution in [1.29, 1.82) is 0 Å². The molecule has 1 aromatic heterocycles. The molecule has 1 heterocycles. The van der Waals surface area contributed by atoms with Crippen molar-refractivity contribution in [3.8, 4) is 0 Å². The van der Waals surface area contributed by atoms with Gasteiger partial charge in [-0.2, -0.15) is 0 Å². The molecule has 94 valence electrons. The number of ether oxygens (including phenoxy) is 1. The van der Waals surface area contributed by atoms with Crippen LogP contribution in [0.3, 0.4) is 0 Å². The molecule has 0 saturated heterocycles. The van der Waals surface area contributed by atoms with Gasteiger partial charge in [-0.15, -0.1) is 0 Å². The van der Waals surface area contributed by atoms with Gasteiger partial charge in [-0.1, -0.05) is 5.16 Å². The third kappa shape index (κ3) is 4.26. The summed E-state index contributed by atoms with van der Waals surface area (Å²) >= 11 is 0. The Labute approximate surface area is 99.3 Å². The molecule has 0 bridgehead atoms. The molecule has 0 aliphatic carbocycles. The molecular formula is C11H16N2O4. The van der Waals surface area contributed by atoms with Gasteiger partial charge in [-0.3, -0.25) is 0 Å². The number of nitrogens with one attached hydrogen (secondary N) is 1. The monoisotopic (exact) mass is 240 g/mol. The molecule has 0 spiro atoms. The van der Waals surface area contributed by atoms with Crippen LogP contribution < -0.4 is 5.32 Å². The van der Waals surface area contributed by atoms with E-state index in [4.69, 9.17) is 9.26 Å². The average Bonchev–Trinajstić information content (AvgIpc) is 2.58. The van der Waals surface area contributed by atoms with E-state index in [-0.39, 0.29) is 0 Å². The predicted octanol–water partition coefficient (Wildman–Crippen LogP) is 1.75. The zero-order valence-electron chi connectivity index (χ0n) is 10.3. The Hall–Kier alpha value is -1.85. The Morgan fingerprint density at radius 2 is 2.24 bits per heavy atom. The molecule has 17 heavy (non-hydrogen) atoms. The largest absolute Gasteiger partial charge is 0.444 e. The number of aromatic nitrogens is 1. The van der Waals surface area contributed by atoms with E-state index in [1.165, 1.54) is 0 Å². The second-order valence-electron chi connectivity index (χ2n) is 4.62. The molecule has 1 atom stereocenters. The highest BCUT2D eigenvalue weighted by Gasteiger charge is 2.21. The maximum atomic E-state index is 11.5. The van der Waals surface area contributed by atoms with Crippen LogP contribution in [0.4, 0.5) is 4.79 Å². The van der Waals surface area contributed by atoms with Crippen LogP contribution in [0, 0.1) is 6.92 Å². The maximum Gasteiger partial charge on any atom is 0.408 e. The van der Waals surface area contributed by atoms with Crippen molar-refractivity contribution in [3.05, 3.63) is 17.5 Å². The zero-order chi connectivity index (χ0) is 13.1. The topological polar surface area (TPSA) is 81.4 Å². The lowest BCUT2D eigenvalue weighted by atomic mass is 10.2. The Morgan fingerprint density at radius 3 is 2.65 bits per heavy atom. The van der Waals surface area contributed by atoms with Crippen molar-refractivity contribution < 1.29 is 18.8 Å². The van der Waals surface area contributed by atoms with Crippen molar-refractivity contribution >= 4 is 12.4 Å². The highest BCUT2D eigenvalue weighted by atomic mass is 16.6. The molecule has 1 unspecified atom stereocenters. The SMILES string of the molecule is Cc1cc(C(C=O)NC(=O)OC(C)(C)C)no1. The first-order valence-electron chi connectivity index (χ1n) is 5.20. The highest BCUT2D eigenvalue weighted by Crippen LogP contribution is 2.12. The second kappa shape index (κ2) is 4.99. The van der Waals surface area contributed by atoms with E-state index in [1.54, 1.807) is 33.8 Å². The Kier molecular flexibility index (Phi) is 3.88. The standard InChI is InChI=1S/C11H16N2O4/c1-7-5-8(13-17-7)9(6-14)12-10(15)16-11(2,3)4/h5-6,9H,1-4H3,(H,12,15). The number of hydrogen-bond donors (Lipinski definition) is 1. The number of nitrogens with zero attached hydrogens (tertiary/aromatic N) is 1. The maximum absolute atomic E-state index is 11.5. The molecule has 0 radical (unpaired) electrons. The quantitative estimate of drug-likeness (QED) is 0.814. The molecule has 6 heteroatoms. The van der Waals surface area contributed by atoms with Crippen molar-refractivity contribution in [1.82, 2.24) is 10.5 Å². The van der Waals surface area contributed by atoms with Crippen LogP contribution in [-0.4, -0.2) is 23.1 Å². The fraction of sp³-hybridized carbons (Fsp3) is 0.545. The van der Waals surface area contributed by atoms with Crippen LogP contribution >= 0.6 is 0 Å². The summed E-state index contributed by atoms with van der Waals surface area (Å²) in [5.41, 5.74) is -0.263. The van der Waals surface area contributed by atoms with Crippen LogP contribution in [0.2, 0.25) is 0 Å². The molecule has 0 fully saturated rings. The number of alkyl carbamates (subject to hydrolysis) is 1. The predicted molar refractivity (Wildman–Crippen MR) is 59.4 cm³/mol. The summed E-state index contributed by atoms with van der Waals surface area (Å²) in [5, 5.41) is 6.06. The number of hydrogen-bond acceptors (Lipinski definition) is 5. The van der Waals surface area contributed by atoms with Gasteiger partial charge >= 0.3 is 6.09 Å². The lowest BCUT2D eigenvalue weighted by Crippen LogP contribution is -2.35. The van der Waals surface area contributed by atoms with Gasteiger partial charge in [0.1, 0.15) is 29.4 Å². The molecule has 1 aromatic rings. The molecule has 1 N–H and O–H groups in total. The van der Waals surface area contributed by atoms with Gasteiger partial charge in [-0.05, 0) is 27.7 Å². The van der Waals surface area contributed by atoms with Gasteiger partial charge in [0.2, 0.25) is 0 Å². The first-order valence-corrected chi connectivity index (χ1v) is 5.20. The fourth-order valence-electron chi connectivity index (χ4n) is 1.14. The zero-order valence-corrected chi connectivity index (χ0v) is 10.3. The molecular weight excluding hydrogens is 224 g/mol. The lowest BCUT2D eigenvalue weighted by Gasteiger charge is -2.20. The van der Waals surface area contributed by atoms with E-state index in [0.29, 0.717) is 17.7 Å². The minimum absolute atomic E-state index is 0.350. The summed E-state index contributed by atoms with van der Waals surface area (Å²) < 4.78 is 9.86. The van der Waals surface area contributed by atoms with Crippen molar-refractivity contribution in [3.63, 3.8) is 0 Å². The summed E-state index contributed by atoms with van der Waals surface area (Å²) in [7, 11) is 0. The minimum atomic E-state index is -0.859. The first kappa shape index (κ1) is 13.2. The third-order valence-electron chi connectivity index (χ3n) is 1.77. The molecule has 6 nitrogen and oxygen atoms in total. The average molecular weight is 240 g/mol. The third-order valence-corrected chi connectivity index (χ3v) is 1.77. The lowest BCUT2D eigenvalue weighted by molar-refractivity contribution is -0.109. The number of aryl methyl sites for hydroxylation is 1. The summed E-state index contributed by atoms with van der Waals surface area (Å²) in [6.45, 7) is 6.92. The van der Waals surface area contributed by atoms with Crippen molar-refractivity contribution in [2.75, 3.05) is 0 Å². The molecule has 0 saturated carbocycles. The van der Waals surface area contributed by atoms with E-state index in [0.717, 1.165) is 0 Å². The Morgan fingerprint density at radius 1 is 1.59 bits per heavy atom. The van der Waals surface area contributed by atoms with Crippen LogP contribution in [0.25, 0.3) is 0 Å². The molecule has 1 amide bonds. The van der Waals surface area contributed by atoms with Crippen LogP contribution in [-0.2, 0) is 9.53 Å². The van der Waals surface area contributed by atoms with Crippen LogP contribution in [0.15, 0.2) is 10.6 Å². The van der Waals surface area contributed by atoms with Gasteiger partial charge in [-0.25, -0.2) is 4.79 Å². The van der Waals surface area contributed by atoms with Gasteiger partial charge < -0.3 is 19.4 Å². The first-order chi connectivity index (χ1) is 7.81. The van der Waals surface area contributed by atoms with E-state index in [2.05, 4.69) is 10.5 Å². The number of amides is 1. The molecule has 0 aliphatic heterocycles. The van der Waals surface area contributed by atoms with E-state index < -0.39 is 17.7 Å². The molecule has 1 rings (SSSR count). The normalized spacial score (nSPS) is 12.9. The summed E-state index contributed by atoms with van der Waals surface area (Å²) in [4.78, 5) is 22.3. The smallest absolute Gasteiger partial charge is 0.408 e. The van der Waals surface area contributed by atoms with Gasteiger partial charge in [0, 0.05) is 6.07 Å². The Balaban J connectivity index is 2.65. The number of rotatable bonds is 3. The van der Waals surface area contributed by atoms with E-state index >= 15 is 0 Å². The Bertz CT molecular complexity index is 406. The summed E-state index contributed by atoms with van der Waals surface area (Å²) in [6, 6.07) is 0.721. The van der Waals surface area contributed by atoms with Crippen molar-refractivity contribution in [2.45, 2.75) is 39.3 Å². The summed E-state index contributed by atoms with van der Waals surface area (Å²) in [5.74, 6) is 0.567. The summed E-state index contributed by atoms with van der Waals surface area (Å²) in [6.07, 6.45) is -0.100. The van der Waals surface area contributed by atoms with Gasteiger partial charge in [0.05, 0.1) is 0 Å². The molecule has 0 aliphatic rings. The van der Waals surface area contributed by atoms with E-state index in [1.807, 2.05) is 0 Å². The second-order valence-corrected chi connectivity index (χ2v) is 4.62. The minimum Gasteiger partial charge on any atom is -0.444 e. The van der Waals surface area contributed by atoms with Crippen LogP contribution in [0.5, 0.6) is 0 Å². The molecule has 0 aromatic carbocycles. The van der Waals surface area contributed by atoms with Crippen molar-refractivity contribution in [2.24, 2.45) is 0 Å². The van der Waals surface area contributed by atoms with Gasteiger partial charge in [0.15, 0.2) is 0 Å². The number of carbonyl (C=O) groups is 2. The number of carbonyl (C=O) groups excluding carboxylic acids is 2. The van der Waals surface area contributed by atoms with Gasteiger partial charge in [0.25, 0.3) is 0 Å². The highest BCUT2D eigenvalue weighted by molar-refractivity contribution is 5.74.